The summed E-state index contributed by atoms with van der Waals surface area (Å²) in [6, 6.07) is 4.97. The second-order valence-electron chi connectivity index (χ2n) is 3.78. The van der Waals surface area contributed by atoms with Gasteiger partial charge in [0.1, 0.15) is 5.71 Å². The van der Waals surface area contributed by atoms with Crippen LogP contribution >= 0.6 is 0 Å². The first-order chi connectivity index (χ1) is 8.58. The Morgan fingerprint density at radius 1 is 1.28 bits per heavy atom. The zero-order chi connectivity index (χ0) is 13.1. The summed E-state index contributed by atoms with van der Waals surface area (Å²) in [4.78, 5) is 11.3. The summed E-state index contributed by atoms with van der Waals surface area (Å²) in [5.41, 5.74) is 7.14. The van der Waals surface area contributed by atoms with Gasteiger partial charge in [0, 0.05) is 12.3 Å². The first-order valence-corrected chi connectivity index (χ1v) is 5.27. The highest BCUT2D eigenvalue weighted by Gasteiger charge is 2.13. The number of pyridine rings is 1. The average Bonchev–Trinajstić information content (AvgIpc) is 2.34. The Morgan fingerprint density at radius 2 is 2.06 bits per heavy atom. The van der Waals surface area contributed by atoms with Crippen molar-refractivity contribution in [1.29, 1.82) is 0 Å². The SMILES string of the molecule is CC1=CC(=N/N=c2\ccccn2O)C(N)=CC1=O. The summed E-state index contributed by atoms with van der Waals surface area (Å²) in [7, 11) is 0. The Hall–Kier alpha value is -2.63. The third-order valence-corrected chi connectivity index (χ3v) is 2.40. The van der Waals surface area contributed by atoms with E-state index < -0.39 is 0 Å². The zero-order valence-electron chi connectivity index (χ0n) is 9.74. The van der Waals surface area contributed by atoms with Crippen molar-refractivity contribution in [3.63, 3.8) is 0 Å². The summed E-state index contributed by atoms with van der Waals surface area (Å²) >= 11 is 0. The molecule has 0 saturated heterocycles. The molecule has 6 heteroatoms. The second-order valence-corrected chi connectivity index (χ2v) is 3.78. The van der Waals surface area contributed by atoms with Crippen LogP contribution in [0, 0.1) is 0 Å². The van der Waals surface area contributed by atoms with Gasteiger partial charge in [-0.2, -0.15) is 4.73 Å². The van der Waals surface area contributed by atoms with Crippen molar-refractivity contribution in [1.82, 2.24) is 4.73 Å². The van der Waals surface area contributed by atoms with E-state index in [2.05, 4.69) is 10.2 Å². The Morgan fingerprint density at radius 3 is 2.78 bits per heavy atom. The van der Waals surface area contributed by atoms with E-state index in [0.717, 1.165) is 4.73 Å². The average molecular weight is 244 g/mol. The van der Waals surface area contributed by atoms with Gasteiger partial charge < -0.3 is 10.9 Å². The molecule has 92 valence electrons. The highest BCUT2D eigenvalue weighted by atomic mass is 16.5. The molecule has 0 atom stereocenters. The Kier molecular flexibility index (Phi) is 3.09. The third kappa shape index (κ3) is 2.37. The van der Waals surface area contributed by atoms with Crippen molar-refractivity contribution < 1.29 is 10.0 Å². The van der Waals surface area contributed by atoms with Crippen molar-refractivity contribution in [3.8, 4) is 0 Å². The highest BCUT2D eigenvalue weighted by Crippen LogP contribution is 2.08. The lowest BCUT2D eigenvalue weighted by molar-refractivity contribution is -0.111. The van der Waals surface area contributed by atoms with Crippen LogP contribution < -0.4 is 11.2 Å². The predicted octanol–water partition coefficient (Wildman–Crippen LogP) is 0.354. The van der Waals surface area contributed by atoms with E-state index in [9.17, 15) is 10.0 Å². The summed E-state index contributed by atoms with van der Waals surface area (Å²) in [6.07, 6.45) is 4.30. The van der Waals surface area contributed by atoms with E-state index in [-0.39, 0.29) is 17.0 Å². The van der Waals surface area contributed by atoms with E-state index >= 15 is 0 Å². The number of rotatable bonds is 1. The van der Waals surface area contributed by atoms with Gasteiger partial charge in [0.05, 0.1) is 5.70 Å². The van der Waals surface area contributed by atoms with Gasteiger partial charge in [-0.3, -0.25) is 4.79 Å². The maximum absolute atomic E-state index is 11.3. The molecule has 0 spiro atoms. The molecule has 18 heavy (non-hydrogen) atoms. The Labute approximate surface area is 103 Å². The molecular formula is C12H12N4O2. The van der Waals surface area contributed by atoms with Crippen molar-refractivity contribution >= 4 is 11.5 Å². The standard InChI is InChI=1S/C12H12N4O2/c1-8-6-10(9(13)7-11(8)17)14-15-12-4-2-3-5-16(12)18/h2-7,18H,13H2,1H3/b14-10?,15-12+. The second kappa shape index (κ2) is 4.70. The first kappa shape index (κ1) is 11.8. The van der Waals surface area contributed by atoms with Crippen LogP contribution in [-0.2, 0) is 4.79 Å². The number of nitrogens with zero attached hydrogens (tertiary/aromatic N) is 3. The Balaban J connectivity index is 2.42. The largest absolute Gasteiger partial charge is 0.427 e. The normalized spacial score (nSPS) is 18.8. The molecule has 1 aliphatic rings. The minimum absolute atomic E-state index is 0.136. The smallest absolute Gasteiger partial charge is 0.189 e. The van der Waals surface area contributed by atoms with Crippen molar-refractivity contribution in [2.45, 2.75) is 6.92 Å². The summed E-state index contributed by atoms with van der Waals surface area (Å²) in [5, 5.41) is 17.2. The van der Waals surface area contributed by atoms with Crippen LogP contribution in [0.15, 0.2) is 58.0 Å². The summed E-state index contributed by atoms with van der Waals surface area (Å²) in [5.74, 6) is -0.136. The number of ketones is 1. The third-order valence-electron chi connectivity index (χ3n) is 2.40. The van der Waals surface area contributed by atoms with Gasteiger partial charge in [0.25, 0.3) is 0 Å². The van der Waals surface area contributed by atoms with Gasteiger partial charge in [0.2, 0.25) is 0 Å². The van der Waals surface area contributed by atoms with E-state index in [4.69, 9.17) is 5.73 Å². The van der Waals surface area contributed by atoms with Crippen LogP contribution in [0.3, 0.4) is 0 Å². The van der Waals surface area contributed by atoms with Gasteiger partial charge in [-0.15, -0.1) is 10.2 Å². The quantitative estimate of drug-likeness (QED) is 0.424. The molecule has 6 nitrogen and oxygen atoms in total. The highest BCUT2D eigenvalue weighted by molar-refractivity contribution is 6.21. The number of hydrogen-bond donors (Lipinski definition) is 2. The molecule has 3 N–H and O–H groups in total. The molecule has 2 rings (SSSR count). The lowest BCUT2D eigenvalue weighted by atomic mass is 10.0. The molecule has 1 aliphatic carbocycles. The molecular weight excluding hydrogens is 232 g/mol. The van der Waals surface area contributed by atoms with Gasteiger partial charge in [0.15, 0.2) is 11.3 Å². The number of carbonyl (C=O) groups is 1. The van der Waals surface area contributed by atoms with E-state index in [1.807, 2.05) is 0 Å². The number of nitrogens with two attached hydrogens (primary N) is 1. The van der Waals surface area contributed by atoms with Crippen LogP contribution in [0.2, 0.25) is 0 Å². The molecule has 1 heterocycles. The molecule has 0 saturated carbocycles. The number of aromatic nitrogens is 1. The van der Waals surface area contributed by atoms with E-state index in [1.165, 1.54) is 12.3 Å². The molecule has 1 aromatic heterocycles. The van der Waals surface area contributed by atoms with Gasteiger partial charge >= 0.3 is 0 Å². The lowest BCUT2D eigenvalue weighted by Crippen LogP contribution is -2.19. The molecule has 0 amide bonds. The van der Waals surface area contributed by atoms with Crippen LogP contribution in [0.1, 0.15) is 6.92 Å². The first-order valence-electron chi connectivity index (χ1n) is 5.27. The number of allylic oxidation sites excluding steroid dienone is 3. The number of hydrogen-bond acceptors (Lipinski definition) is 5. The molecule has 1 aromatic rings. The lowest BCUT2D eigenvalue weighted by Gasteiger charge is -2.07. The predicted molar refractivity (Wildman–Crippen MR) is 65.6 cm³/mol. The van der Waals surface area contributed by atoms with E-state index in [0.29, 0.717) is 11.3 Å². The molecule has 0 radical (unpaired) electrons. The van der Waals surface area contributed by atoms with Gasteiger partial charge in [-0.1, -0.05) is 6.07 Å². The molecule has 0 aromatic carbocycles. The van der Waals surface area contributed by atoms with Crippen molar-refractivity contribution in [3.05, 3.63) is 53.3 Å². The van der Waals surface area contributed by atoms with Gasteiger partial charge in [-0.05, 0) is 30.7 Å². The van der Waals surface area contributed by atoms with Crippen LogP contribution in [0.25, 0.3) is 0 Å². The van der Waals surface area contributed by atoms with E-state index in [1.54, 1.807) is 31.2 Å². The minimum atomic E-state index is -0.136. The van der Waals surface area contributed by atoms with Crippen LogP contribution in [-0.4, -0.2) is 21.4 Å². The summed E-state index contributed by atoms with van der Waals surface area (Å²) in [6.45, 7) is 1.68. The maximum atomic E-state index is 11.3. The molecule has 0 bridgehead atoms. The molecule has 0 aliphatic heterocycles. The van der Waals surface area contributed by atoms with Gasteiger partial charge in [-0.25, -0.2) is 0 Å². The zero-order valence-corrected chi connectivity index (χ0v) is 9.74. The summed E-state index contributed by atoms with van der Waals surface area (Å²) < 4.78 is 0.842. The minimum Gasteiger partial charge on any atom is -0.427 e. The van der Waals surface area contributed by atoms with Crippen molar-refractivity contribution in [2.75, 3.05) is 0 Å². The number of carbonyl (C=O) groups excluding carboxylic acids is 1. The maximum Gasteiger partial charge on any atom is 0.189 e. The van der Waals surface area contributed by atoms with Crippen molar-refractivity contribution in [2.24, 2.45) is 15.9 Å². The Bertz CT molecular complexity index is 650. The van der Waals surface area contributed by atoms with Crippen LogP contribution in [0.4, 0.5) is 0 Å². The topological polar surface area (TPSA) is 93.0 Å². The fraction of sp³-hybridized carbons (Fsp3) is 0.0833. The molecule has 0 fully saturated rings. The molecule has 0 unspecified atom stereocenters. The fourth-order valence-corrected chi connectivity index (χ4v) is 1.38. The monoisotopic (exact) mass is 244 g/mol. The van der Waals surface area contributed by atoms with Crippen LogP contribution in [0.5, 0.6) is 0 Å². The fourth-order valence-electron chi connectivity index (χ4n) is 1.38.